The highest BCUT2D eigenvalue weighted by atomic mass is 19.1. The maximum absolute atomic E-state index is 13.2. The fourth-order valence-corrected chi connectivity index (χ4v) is 1.82. The molecule has 20 heavy (non-hydrogen) atoms. The van der Waals surface area contributed by atoms with Gasteiger partial charge in [0.05, 0.1) is 12.7 Å². The van der Waals surface area contributed by atoms with Gasteiger partial charge in [0.15, 0.2) is 6.79 Å². The summed E-state index contributed by atoms with van der Waals surface area (Å²) in [5.41, 5.74) is 1.57. The molecule has 0 aliphatic carbocycles. The molecular weight excluding hydrogens is 259 g/mol. The normalized spacial score (nSPS) is 12.2. The zero-order chi connectivity index (χ0) is 14.4. The smallest absolute Gasteiger partial charge is 0.189 e. The molecule has 0 fully saturated rings. The molecule has 0 amide bonds. The Balaban J connectivity index is 1.89. The minimum absolute atomic E-state index is 0.00192. The highest BCUT2D eigenvalue weighted by Crippen LogP contribution is 2.26. The maximum Gasteiger partial charge on any atom is 0.189 e. The lowest BCUT2D eigenvalue weighted by Gasteiger charge is -2.13. The van der Waals surface area contributed by atoms with E-state index >= 15 is 0 Å². The number of benzene rings is 2. The first-order valence-electron chi connectivity index (χ1n) is 6.39. The summed E-state index contributed by atoms with van der Waals surface area (Å²) >= 11 is 0. The molecular formula is C16H17FO3. The Bertz CT molecular complexity index is 541. The van der Waals surface area contributed by atoms with Crippen LogP contribution < -0.4 is 4.74 Å². The van der Waals surface area contributed by atoms with Crippen LogP contribution in [0.4, 0.5) is 4.39 Å². The molecule has 0 spiro atoms. The first-order valence-corrected chi connectivity index (χ1v) is 6.39. The van der Waals surface area contributed by atoms with Crippen LogP contribution in [0.3, 0.4) is 0 Å². The van der Waals surface area contributed by atoms with Gasteiger partial charge in [-0.2, -0.15) is 0 Å². The van der Waals surface area contributed by atoms with Crippen molar-refractivity contribution in [3.05, 3.63) is 65.5 Å². The molecule has 1 atom stereocenters. The van der Waals surface area contributed by atoms with E-state index < -0.39 is 11.9 Å². The molecule has 0 saturated heterocycles. The highest BCUT2D eigenvalue weighted by Gasteiger charge is 2.10. The quantitative estimate of drug-likeness (QED) is 0.649. The standard InChI is InChI=1S/C16H17FO3/c1-12(18)15-8-7-14(17)9-16(15)20-11-19-10-13-5-3-2-4-6-13/h2-9,12,18H,10-11H2,1H3/t12-/m1/s1. The molecule has 0 saturated carbocycles. The summed E-state index contributed by atoms with van der Waals surface area (Å²) in [6.45, 7) is 2.02. The molecule has 3 nitrogen and oxygen atoms in total. The van der Waals surface area contributed by atoms with Crippen molar-refractivity contribution < 1.29 is 19.0 Å². The van der Waals surface area contributed by atoms with Crippen molar-refractivity contribution in [1.82, 2.24) is 0 Å². The van der Waals surface area contributed by atoms with E-state index in [0.717, 1.165) is 5.56 Å². The topological polar surface area (TPSA) is 38.7 Å². The number of rotatable bonds is 6. The van der Waals surface area contributed by atoms with Gasteiger partial charge in [-0.25, -0.2) is 4.39 Å². The summed E-state index contributed by atoms with van der Waals surface area (Å²) in [6.07, 6.45) is -0.722. The molecule has 0 unspecified atom stereocenters. The summed E-state index contributed by atoms with van der Waals surface area (Å²) in [6, 6.07) is 13.7. The second kappa shape index (κ2) is 7.03. The molecule has 2 aromatic carbocycles. The van der Waals surface area contributed by atoms with Crippen LogP contribution in [0.2, 0.25) is 0 Å². The number of hydrogen-bond acceptors (Lipinski definition) is 3. The van der Waals surface area contributed by atoms with Crippen molar-refractivity contribution >= 4 is 0 Å². The Morgan fingerprint density at radius 3 is 2.60 bits per heavy atom. The third kappa shape index (κ3) is 4.05. The lowest BCUT2D eigenvalue weighted by molar-refractivity contribution is 0.00327. The van der Waals surface area contributed by atoms with Gasteiger partial charge in [-0.1, -0.05) is 30.3 Å². The molecule has 0 aliphatic heterocycles. The predicted octanol–water partition coefficient (Wildman–Crippen LogP) is 3.43. The van der Waals surface area contributed by atoms with Crippen LogP contribution in [0.15, 0.2) is 48.5 Å². The Morgan fingerprint density at radius 2 is 1.90 bits per heavy atom. The van der Waals surface area contributed by atoms with Crippen molar-refractivity contribution in [2.75, 3.05) is 6.79 Å². The van der Waals surface area contributed by atoms with Crippen LogP contribution >= 0.6 is 0 Å². The van der Waals surface area contributed by atoms with Gasteiger partial charge in [-0.3, -0.25) is 0 Å². The number of halogens is 1. The average molecular weight is 276 g/mol. The summed E-state index contributed by atoms with van der Waals surface area (Å²) in [5, 5.41) is 9.59. The summed E-state index contributed by atoms with van der Waals surface area (Å²) < 4.78 is 23.9. The van der Waals surface area contributed by atoms with Gasteiger partial charge in [-0.05, 0) is 24.6 Å². The van der Waals surface area contributed by atoms with Crippen LogP contribution in [0.25, 0.3) is 0 Å². The SMILES string of the molecule is C[C@@H](O)c1ccc(F)cc1OCOCc1ccccc1. The summed E-state index contributed by atoms with van der Waals surface area (Å²) in [4.78, 5) is 0. The van der Waals surface area contributed by atoms with E-state index in [-0.39, 0.29) is 6.79 Å². The largest absolute Gasteiger partial charge is 0.467 e. The second-order valence-electron chi connectivity index (χ2n) is 4.45. The minimum Gasteiger partial charge on any atom is -0.467 e. The fraction of sp³-hybridized carbons (Fsp3) is 0.250. The van der Waals surface area contributed by atoms with Gasteiger partial charge in [0.2, 0.25) is 0 Å². The van der Waals surface area contributed by atoms with Crippen LogP contribution in [0.5, 0.6) is 5.75 Å². The average Bonchev–Trinajstić information content (AvgIpc) is 2.44. The van der Waals surface area contributed by atoms with Crippen LogP contribution in [0.1, 0.15) is 24.2 Å². The number of aliphatic hydroxyl groups is 1. The van der Waals surface area contributed by atoms with E-state index in [2.05, 4.69) is 0 Å². The minimum atomic E-state index is -0.722. The summed E-state index contributed by atoms with van der Waals surface area (Å²) in [7, 11) is 0. The number of aliphatic hydroxyl groups excluding tert-OH is 1. The van der Waals surface area contributed by atoms with E-state index in [9.17, 15) is 9.50 Å². The van der Waals surface area contributed by atoms with Gasteiger partial charge < -0.3 is 14.6 Å². The Kier molecular flexibility index (Phi) is 5.09. The van der Waals surface area contributed by atoms with Crippen molar-refractivity contribution in [2.24, 2.45) is 0 Å². The van der Waals surface area contributed by atoms with Crippen molar-refractivity contribution in [3.8, 4) is 5.75 Å². The zero-order valence-corrected chi connectivity index (χ0v) is 11.3. The van der Waals surface area contributed by atoms with Gasteiger partial charge in [0, 0.05) is 11.6 Å². The molecule has 0 aromatic heterocycles. The van der Waals surface area contributed by atoms with Crippen molar-refractivity contribution in [3.63, 3.8) is 0 Å². The molecule has 0 bridgehead atoms. The molecule has 4 heteroatoms. The lowest BCUT2D eigenvalue weighted by atomic mass is 10.1. The van der Waals surface area contributed by atoms with Crippen LogP contribution in [-0.4, -0.2) is 11.9 Å². The predicted molar refractivity (Wildman–Crippen MR) is 73.8 cm³/mol. The van der Waals surface area contributed by atoms with E-state index in [0.29, 0.717) is 17.9 Å². The molecule has 106 valence electrons. The Morgan fingerprint density at radius 1 is 1.15 bits per heavy atom. The van der Waals surface area contributed by atoms with Gasteiger partial charge >= 0.3 is 0 Å². The van der Waals surface area contributed by atoms with Gasteiger partial charge in [-0.15, -0.1) is 0 Å². The highest BCUT2D eigenvalue weighted by molar-refractivity contribution is 5.35. The summed E-state index contributed by atoms with van der Waals surface area (Å²) in [5.74, 6) is -0.111. The van der Waals surface area contributed by atoms with Crippen LogP contribution in [-0.2, 0) is 11.3 Å². The molecule has 0 radical (unpaired) electrons. The van der Waals surface area contributed by atoms with E-state index in [1.165, 1.54) is 18.2 Å². The van der Waals surface area contributed by atoms with E-state index in [1.807, 2.05) is 30.3 Å². The molecule has 2 rings (SSSR count). The number of hydrogen-bond donors (Lipinski definition) is 1. The van der Waals surface area contributed by atoms with Gasteiger partial charge in [0.25, 0.3) is 0 Å². The maximum atomic E-state index is 13.2. The Labute approximate surface area is 117 Å². The van der Waals surface area contributed by atoms with Gasteiger partial charge in [0.1, 0.15) is 11.6 Å². The fourth-order valence-electron chi connectivity index (χ4n) is 1.82. The molecule has 1 N–H and O–H groups in total. The third-order valence-corrected chi connectivity index (χ3v) is 2.84. The molecule has 0 heterocycles. The van der Waals surface area contributed by atoms with Crippen molar-refractivity contribution in [2.45, 2.75) is 19.6 Å². The van der Waals surface area contributed by atoms with Crippen LogP contribution in [0, 0.1) is 5.82 Å². The lowest BCUT2D eigenvalue weighted by Crippen LogP contribution is -2.06. The number of ether oxygens (including phenoxy) is 2. The second-order valence-corrected chi connectivity index (χ2v) is 4.45. The third-order valence-electron chi connectivity index (χ3n) is 2.84. The molecule has 2 aromatic rings. The zero-order valence-electron chi connectivity index (χ0n) is 11.3. The molecule has 0 aliphatic rings. The van der Waals surface area contributed by atoms with E-state index in [4.69, 9.17) is 9.47 Å². The first-order chi connectivity index (χ1) is 9.66. The Hall–Kier alpha value is -1.91. The first kappa shape index (κ1) is 14.5. The van der Waals surface area contributed by atoms with Crippen molar-refractivity contribution in [1.29, 1.82) is 0 Å². The monoisotopic (exact) mass is 276 g/mol. The van der Waals surface area contributed by atoms with E-state index in [1.54, 1.807) is 6.92 Å².